The first-order chi connectivity index (χ1) is 11.1. The van der Waals surface area contributed by atoms with Gasteiger partial charge in [0.25, 0.3) is 0 Å². The molecule has 0 aromatic heterocycles. The maximum atomic E-state index is 11.6. The molecule has 2 amide bonds. The summed E-state index contributed by atoms with van der Waals surface area (Å²) in [6, 6.07) is -0.586. The normalized spacial score (nSPS) is 29.1. The van der Waals surface area contributed by atoms with Gasteiger partial charge in [-0.3, -0.25) is 14.4 Å². The van der Waals surface area contributed by atoms with Crippen LogP contribution in [0, 0.1) is 0 Å². The second-order valence-corrected chi connectivity index (χ2v) is 5.21. The van der Waals surface area contributed by atoms with E-state index in [1.807, 2.05) is 0 Å². The summed E-state index contributed by atoms with van der Waals surface area (Å²) in [7, 11) is 1.40. The highest BCUT2D eigenvalue weighted by molar-refractivity contribution is 5.74. The second kappa shape index (κ2) is 8.48. The molecule has 1 heterocycles. The minimum atomic E-state index is -1.19. The average Bonchev–Trinajstić information content (AvgIpc) is 2.45. The van der Waals surface area contributed by atoms with Gasteiger partial charge >= 0.3 is 23.9 Å². The van der Waals surface area contributed by atoms with Crippen LogP contribution >= 0.6 is 0 Å². The molecule has 1 saturated heterocycles. The van der Waals surface area contributed by atoms with E-state index in [1.165, 1.54) is 14.0 Å². The SMILES string of the molecule is CNC(=O)N[C@@H]1O[C@H](C)[C@@H](OC(C)=O)[C@H](OC(C)=O)[C@H]1OC(C)=O. The Kier molecular flexibility index (Phi) is 6.96. The third kappa shape index (κ3) is 5.37. The molecule has 10 nitrogen and oxygen atoms in total. The van der Waals surface area contributed by atoms with E-state index < -0.39 is 54.6 Å². The summed E-state index contributed by atoms with van der Waals surface area (Å²) in [5, 5.41) is 4.79. The van der Waals surface area contributed by atoms with E-state index >= 15 is 0 Å². The van der Waals surface area contributed by atoms with Crippen molar-refractivity contribution < 1.29 is 38.1 Å². The Bertz CT molecular complexity index is 509. The number of carbonyl (C=O) groups excluding carboxylic acids is 4. The van der Waals surface area contributed by atoms with Gasteiger partial charge in [0, 0.05) is 27.8 Å². The summed E-state index contributed by atoms with van der Waals surface area (Å²) in [6.07, 6.45) is -5.16. The zero-order chi connectivity index (χ0) is 18.4. The first kappa shape index (κ1) is 19.7. The van der Waals surface area contributed by atoms with Gasteiger partial charge in [0.1, 0.15) is 0 Å². The van der Waals surface area contributed by atoms with Gasteiger partial charge in [-0.15, -0.1) is 0 Å². The summed E-state index contributed by atoms with van der Waals surface area (Å²) in [4.78, 5) is 45.7. The van der Waals surface area contributed by atoms with Crippen LogP contribution in [-0.4, -0.2) is 61.6 Å². The molecule has 1 fully saturated rings. The number of carbonyl (C=O) groups is 4. The van der Waals surface area contributed by atoms with Crippen molar-refractivity contribution in [3.63, 3.8) is 0 Å². The molecule has 136 valence electrons. The molecule has 1 aliphatic rings. The van der Waals surface area contributed by atoms with Gasteiger partial charge in [-0.2, -0.15) is 0 Å². The Morgan fingerprint density at radius 3 is 1.75 bits per heavy atom. The molecule has 0 bridgehead atoms. The fraction of sp³-hybridized carbons (Fsp3) is 0.714. The minimum Gasteiger partial charge on any atom is -0.456 e. The van der Waals surface area contributed by atoms with Gasteiger partial charge in [-0.05, 0) is 6.92 Å². The molecular weight excluding hydrogens is 324 g/mol. The summed E-state index contributed by atoms with van der Waals surface area (Å²) in [6.45, 7) is 5.08. The largest absolute Gasteiger partial charge is 0.456 e. The van der Waals surface area contributed by atoms with Crippen molar-refractivity contribution in [3.8, 4) is 0 Å². The fourth-order valence-electron chi connectivity index (χ4n) is 2.33. The summed E-state index contributed by atoms with van der Waals surface area (Å²) >= 11 is 0. The van der Waals surface area contributed by atoms with Crippen molar-refractivity contribution in [3.05, 3.63) is 0 Å². The monoisotopic (exact) mass is 346 g/mol. The highest BCUT2D eigenvalue weighted by atomic mass is 16.7. The van der Waals surface area contributed by atoms with Crippen LogP contribution in [-0.2, 0) is 33.3 Å². The van der Waals surface area contributed by atoms with Gasteiger partial charge in [-0.25, -0.2) is 4.79 Å². The van der Waals surface area contributed by atoms with Gasteiger partial charge in [0.2, 0.25) is 0 Å². The lowest BCUT2D eigenvalue weighted by Gasteiger charge is -2.43. The Labute approximate surface area is 139 Å². The van der Waals surface area contributed by atoms with Gasteiger partial charge in [0.05, 0.1) is 6.10 Å². The molecule has 1 aliphatic heterocycles. The Hall–Kier alpha value is -2.36. The summed E-state index contributed by atoms with van der Waals surface area (Å²) < 4.78 is 21.1. The molecule has 0 aromatic carbocycles. The van der Waals surface area contributed by atoms with E-state index in [4.69, 9.17) is 18.9 Å². The molecule has 10 heteroatoms. The fourth-order valence-corrected chi connectivity index (χ4v) is 2.33. The number of ether oxygens (including phenoxy) is 4. The van der Waals surface area contributed by atoms with E-state index in [9.17, 15) is 19.2 Å². The van der Waals surface area contributed by atoms with Gasteiger partial charge in [0.15, 0.2) is 24.5 Å². The highest BCUT2D eigenvalue weighted by Gasteiger charge is 2.50. The quantitative estimate of drug-likeness (QED) is 0.513. The van der Waals surface area contributed by atoms with E-state index in [2.05, 4.69) is 10.6 Å². The van der Waals surface area contributed by atoms with E-state index in [0.29, 0.717) is 0 Å². The predicted molar refractivity (Wildman–Crippen MR) is 78.6 cm³/mol. The van der Waals surface area contributed by atoms with E-state index in [-0.39, 0.29) is 0 Å². The number of esters is 3. The predicted octanol–water partition coefficient (Wildman–Crippen LogP) is -0.545. The lowest BCUT2D eigenvalue weighted by molar-refractivity contribution is -0.246. The third-order valence-corrected chi connectivity index (χ3v) is 3.18. The van der Waals surface area contributed by atoms with E-state index in [0.717, 1.165) is 13.8 Å². The number of hydrogen-bond acceptors (Lipinski definition) is 8. The second-order valence-electron chi connectivity index (χ2n) is 5.21. The van der Waals surface area contributed by atoms with Gasteiger partial charge < -0.3 is 29.6 Å². The molecule has 0 aromatic rings. The maximum Gasteiger partial charge on any atom is 0.316 e. The van der Waals surface area contributed by atoms with Crippen LogP contribution in [0.25, 0.3) is 0 Å². The zero-order valence-electron chi connectivity index (χ0n) is 14.2. The molecule has 0 radical (unpaired) electrons. The number of urea groups is 1. The Balaban J connectivity index is 3.15. The van der Waals surface area contributed by atoms with Crippen molar-refractivity contribution >= 4 is 23.9 Å². The Morgan fingerprint density at radius 1 is 0.833 bits per heavy atom. The molecule has 1 rings (SSSR count). The highest BCUT2D eigenvalue weighted by Crippen LogP contribution is 2.27. The molecule has 5 atom stereocenters. The molecular formula is C14H22N2O8. The minimum absolute atomic E-state index is 0.586. The lowest BCUT2D eigenvalue weighted by atomic mass is 9.98. The van der Waals surface area contributed by atoms with Crippen molar-refractivity contribution in [2.75, 3.05) is 7.05 Å². The molecule has 0 saturated carbocycles. The first-order valence-corrected chi connectivity index (χ1v) is 7.31. The van der Waals surface area contributed by atoms with Crippen molar-refractivity contribution in [1.29, 1.82) is 0 Å². The van der Waals surface area contributed by atoms with Crippen LogP contribution in [0.2, 0.25) is 0 Å². The number of rotatable bonds is 4. The van der Waals surface area contributed by atoms with Crippen LogP contribution in [0.1, 0.15) is 27.7 Å². The van der Waals surface area contributed by atoms with Crippen LogP contribution < -0.4 is 10.6 Å². The van der Waals surface area contributed by atoms with Crippen LogP contribution in [0.5, 0.6) is 0 Å². The molecule has 0 aliphatic carbocycles. The summed E-state index contributed by atoms with van der Waals surface area (Å²) in [5.74, 6) is -1.96. The first-order valence-electron chi connectivity index (χ1n) is 7.31. The lowest BCUT2D eigenvalue weighted by Crippen LogP contribution is -2.65. The molecule has 0 unspecified atom stereocenters. The molecule has 24 heavy (non-hydrogen) atoms. The average molecular weight is 346 g/mol. The number of hydrogen-bond donors (Lipinski definition) is 2. The Morgan fingerprint density at radius 2 is 1.29 bits per heavy atom. The molecule has 0 spiro atoms. The maximum absolute atomic E-state index is 11.6. The van der Waals surface area contributed by atoms with E-state index in [1.54, 1.807) is 6.92 Å². The van der Waals surface area contributed by atoms with Crippen LogP contribution in [0.3, 0.4) is 0 Å². The van der Waals surface area contributed by atoms with Crippen molar-refractivity contribution in [2.24, 2.45) is 0 Å². The van der Waals surface area contributed by atoms with Crippen molar-refractivity contribution in [2.45, 2.75) is 58.3 Å². The number of nitrogens with one attached hydrogen (secondary N) is 2. The van der Waals surface area contributed by atoms with Crippen LogP contribution in [0.4, 0.5) is 4.79 Å². The topological polar surface area (TPSA) is 129 Å². The standard InChI is InChI=1S/C14H22N2O8/c1-6-10(22-7(2)17)11(23-8(3)18)12(24-9(4)19)13(21-6)16-14(20)15-5/h6,10-13H,1-5H3,(H2,15,16,20)/t6-,10-,11+,12-,13-/m1/s1. The van der Waals surface area contributed by atoms with Gasteiger partial charge in [-0.1, -0.05) is 0 Å². The van der Waals surface area contributed by atoms with Crippen molar-refractivity contribution in [1.82, 2.24) is 10.6 Å². The third-order valence-electron chi connectivity index (χ3n) is 3.18. The number of amides is 2. The van der Waals surface area contributed by atoms with Crippen LogP contribution in [0.15, 0.2) is 0 Å². The molecule has 2 N–H and O–H groups in total. The zero-order valence-corrected chi connectivity index (χ0v) is 14.2. The summed E-state index contributed by atoms with van der Waals surface area (Å²) in [5.41, 5.74) is 0. The smallest absolute Gasteiger partial charge is 0.316 e.